The maximum atomic E-state index is 10.8. The van der Waals surface area contributed by atoms with E-state index in [-0.39, 0.29) is 11.7 Å². The monoisotopic (exact) mass is 272 g/mol. The second kappa shape index (κ2) is 5.16. The van der Waals surface area contributed by atoms with Gasteiger partial charge in [0.2, 0.25) is 0 Å². The second-order valence-corrected chi connectivity index (χ2v) is 4.14. The molecule has 3 nitrogen and oxygen atoms in total. The van der Waals surface area contributed by atoms with E-state index in [0.29, 0.717) is 10.2 Å². The van der Waals surface area contributed by atoms with Gasteiger partial charge in [-0.15, -0.1) is 0 Å². The number of carbonyl (C=O) groups is 1. The molecule has 82 valence electrons. The molecule has 15 heavy (non-hydrogen) atoms. The van der Waals surface area contributed by atoms with Gasteiger partial charge in [0, 0.05) is 4.47 Å². The van der Waals surface area contributed by atoms with Gasteiger partial charge in [-0.2, -0.15) is 0 Å². The predicted molar refractivity (Wildman–Crippen MR) is 61.5 cm³/mol. The molecule has 1 atom stereocenters. The van der Waals surface area contributed by atoms with Crippen LogP contribution in [0.1, 0.15) is 30.6 Å². The van der Waals surface area contributed by atoms with Gasteiger partial charge in [-0.05, 0) is 47.5 Å². The Bertz CT molecular complexity index is 363. The number of aromatic carboxylic acids is 1. The second-order valence-electron chi connectivity index (χ2n) is 3.28. The molecule has 0 saturated carbocycles. The molecule has 0 spiro atoms. The molecule has 0 saturated heterocycles. The normalized spacial score (nSPS) is 12.2. The van der Waals surface area contributed by atoms with Crippen LogP contribution in [0.5, 0.6) is 5.75 Å². The van der Waals surface area contributed by atoms with Crippen molar-refractivity contribution in [2.75, 3.05) is 0 Å². The summed E-state index contributed by atoms with van der Waals surface area (Å²) in [4.78, 5) is 10.8. The van der Waals surface area contributed by atoms with E-state index in [1.807, 2.05) is 13.8 Å². The zero-order valence-electron chi connectivity index (χ0n) is 8.66. The molecule has 0 radical (unpaired) electrons. The molecule has 0 aliphatic heterocycles. The lowest BCUT2D eigenvalue weighted by Gasteiger charge is -2.13. The number of halogens is 1. The molecule has 0 aromatic heterocycles. The fourth-order valence-corrected chi connectivity index (χ4v) is 1.47. The molecule has 0 bridgehead atoms. The molecule has 1 aromatic rings. The summed E-state index contributed by atoms with van der Waals surface area (Å²) < 4.78 is 6.09. The van der Waals surface area contributed by atoms with Crippen molar-refractivity contribution in [1.29, 1.82) is 0 Å². The fraction of sp³-hybridized carbons (Fsp3) is 0.364. The Balaban J connectivity index is 2.92. The van der Waals surface area contributed by atoms with E-state index in [2.05, 4.69) is 15.9 Å². The third kappa shape index (κ3) is 3.23. The van der Waals surface area contributed by atoms with Gasteiger partial charge in [0.05, 0.1) is 11.7 Å². The summed E-state index contributed by atoms with van der Waals surface area (Å²) in [5.41, 5.74) is 0.218. The van der Waals surface area contributed by atoms with Crippen LogP contribution < -0.4 is 4.74 Å². The molecule has 1 N–H and O–H groups in total. The van der Waals surface area contributed by atoms with Gasteiger partial charge in [-0.3, -0.25) is 0 Å². The third-order valence-corrected chi connectivity index (χ3v) is 2.77. The summed E-state index contributed by atoms with van der Waals surface area (Å²) in [5, 5.41) is 8.90. The van der Waals surface area contributed by atoms with Crippen LogP contribution in [0.25, 0.3) is 0 Å². The summed E-state index contributed by atoms with van der Waals surface area (Å²) in [6.07, 6.45) is 0.978. The molecule has 0 aliphatic rings. The Hall–Kier alpha value is -1.03. The first-order chi connectivity index (χ1) is 7.04. The van der Waals surface area contributed by atoms with Gasteiger partial charge in [0.1, 0.15) is 5.75 Å². The Morgan fingerprint density at radius 1 is 1.60 bits per heavy atom. The van der Waals surface area contributed by atoms with Crippen molar-refractivity contribution in [3.05, 3.63) is 28.2 Å². The molecule has 0 aliphatic carbocycles. The Labute approximate surface area is 97.2 Å². The van der Waals surface area contributed by atoms with E-state index in [1.165, 1.54) is 6.07 Å². The van der Waals surface area contributed by atoms with Crippen LogP contribution in [0.4, 0.5) is 0 Å². The maximum Gasteiger partial charge on any atom is 0.336 e. The minimum absolute atomic E-state index is 0.0906. The minimum atomic E-state index is -0.962. The molecular weight excluding hydrogens is 260 g/mol. The predicted octanol–water partition coefficient (Wildman–Crippen LogP) is 3.32. The average Bonchev–Trinajstić information content (AvgIpc) is 2.20. The van der Waals surface area contributed by atoms with Gasteiger partial charge in [0.25, 0.3) is 0 Å². The number of carboxylic acid groups (broad SMARTS) is 1. The van der Waals surface area contributed by atoms with Crippen LogP contribution >= 0.6 is 15.9 Å². The van der Waals surface area contributed by atoms with Crippen LogP contribution in [0.2, 0.25) is 0 Å². The number of rotatable bonds is 4. The molecule has 1 rings (SSSR count). The number of hydrogen-bond acceptors (Lipinski definition) is 2. The lowest BCUT2D eigenvalue weighted by molar-refractivity contribution is 0.0695. The van der Waals surface area contributed by atoms with Crippen LogP contribution in [0.15, 0.2) is 22.7 Å². The van der Waals surface area contributed by atoms with E-state index in [1.54, 1.807) is 12.1 Å². The minimum Gasteiger partial charge on any atom is -0.491 e. The van der Waals surface area contributed by atoms with Crippen molar-refractivity contribution in [3.8, 4) is 5.75 Å². The Morgan fingerprint density at radius 3 is 2.80 bits per heavy atom. The summed E-state index contributed by atoms with van der Waals surface area (Å²) >= 11 is 3.18. The number of carboxylic acids is 1. The van der Waals surface area contributed by atoms with Crippen molar-refractivity contribution in [1.82, 2.24) is 0 Å². The SMILES string of the molecule is CCC(C)Oc1ccc(Br)c(C(=O)O)c1. The lowest BCUT2D eigenvalue weighted by Crippen LogP contribution is -2.10. The summed E-state index contributed by atoms with van der Waals surface area (Å²) in [6, 6.07) is 4.96. The highest BCUT2D eigenvalue weighted by Crippen LogP contribution is 2.23. The molecule has 1 unspecified atom stereocenters. The first kappa shape index (κ1) is 12.0. The van der Waals surface area contributed by atoms with Crippen LogP contribution in [0, 0.1) is 0 Å². The number of benzene rings is 1. The zero-order valence-corrected chi connectivity index (χ0v) is 10.2. The van der Waals surface area contributed by atoms with Crippen molar-refractivity contribution >= 4 is 21.9 Å². The van der Waals surface area contributed by atoms with Crippen LogP contribution in [-0.2, 0) is 0 Å². The maximum absolute atomic E-state index is 10.8. The standard InChI is InChI=1S/C11H13BrO3/c1-3-7(2)15-8-4-5-10(12)9(6-8)11(13)14/h4-7H,3H2,1-2H3,(H,13,14). The summed E-state index contributed by atoms with van der Waals surface area (Å²) in [5.74, 6) is -0.374. The van der Waals surface area contributed by atoms with Gasteiger partial charge >= 0.3 is 5.97 Å². The number of ether oxygens (including phenoxy) is 1. The first-order valence-corrected chi connectivity index (χ1v) is 5.53. The highest BCUT2D eigenvalue weighted by Gasteiger charge is 2.10. The highest BCUT2D eigenvalue weighted by atomic mass is 79.9. The topological polar surface area (TPSA) is 46.5 Å². The first-order valence-electron chi connectivity index (χ1n) is 4.74. The highest BCUT2D eigenvalue weighted by molar-refractivity contribution is 9.10. The Kier molecular flexibility index (Phi) is 4.15. The van der Waals surface area contributed by atoms with Crippen molar-refractivity contribution in [2.24, 2.45) is 0 Å². The molecule has 0 fully saturated rings. The van der Waals surface area contributed by atoms with Crippen LogP contribution in [0.3, 0.4) is 0 Å². The van der Waals surface area contributed by atoms with Crippen molar-refractivity contribution in [2.45, 2.75) is 26.4 Å². The summed E-state index contributed by atoms with van der Waals surface area (Å²) in [6.45, 7) is 3.96. The molecular formula is C11H13BrO3. The van der Waals surface area contributed by atoms with E-state index in [0.717, 1.165) is 6.42 Å². The quantitative estimate of drug-likeness (QED) is 0.915. The van der Waals surface area contributed by atoms with Gasteiger partial charge in [-0.1, -0.05) is 6.92 Å². The molecule has 0 amide bonds. The van der Waals surface area contributed by atoms with Gasteiger partial charge in [0.15, 0.2) is 0 Å². The Morgan fingerprint density at radius 2 is 2.27 bits per heavy atom. The van der Waals surface area contributed by atoms with E-state index >= 15 is 0 Å². The van der Waals surface area contributed by atoms with E-state index in [9.17, 15) is 4.79 Å². The van der Waals surface area contributed by atoms with E-state index in [4.69, 9.17) is 9.84 Å². The third-order valence-electron chi connectivity index (χ3n) is 2.08. The molecule has 4 heteroatoms. The fourth-order valence-electron chi connectivity index (χ4n) is 1.06. The van der Waals surface area contributed by atoms with E-state index < -0.39 is 5.97 Å². The zero-order chi connectivity index (χ0) is 11.4. The largest absolute Gasteiger partial charge is 0.491 e. The van der Waals surface area contributed by atoms with Gasteiger partial charge < -0.3 is 9.84 Å². The number of hydrogen-bond donors (Lipinski definition) is 1. The molecule has 0 heterocycles. The van der Waals surface area contributed by atoms with Crippen molar-refractivity contribution < 1.29 is 14.6 Å². The lowest BCUT2D eigenvalue weighted by atomic mass is 10.2. The van der Waals surface area contributed by atoms with Gasteiger partial charge in [-0.25, -0.2) is 4.79 Å². The average molecular weight is 273 g/mol. The smallest absolute Gasteiger partial charge is 0.336 e. The van der Waals surface area contributed by atoms with Crippen LogP contribution in [-0.4, -0.2) is 17.2 Å². The molecule has 1 aromatic carbocycles. The van der Waals surface area contributed by atoms with Crippen molar-refractivity contribution in [3.63, 3.8) is 0 Å². The summed E-state index contributed by atoms with van der Waals surface area (Å²) in [7, 11) is 0.